The lowest BCUT2D eigenvalue weighted by molar-refractivity contribution is 0.0721. The van der Waals surface area contributed by atoms with Crippen LogP contribution in [-0.4, -0.2) is 36.1 Å². The van der Waals surface area contributed by atoms with Crippen molar-refractivity contribution in [3.8, 4) is 78.5 Å². The molecule has 6 aromatic carbocycles. The summed E-state index contributed by atoms with van der Waals surface area (Å²) < 4.78 is 17.8. The Bertz CT molecular complexity index is 3450. The fourth-order valence-electron chi connectivity index (χ4n) is 7.43. The first-order valence-corrected chi connectivity index (χ1v) is 27.0. The molecule has 0 saturated heterocycles. The fraction of sp³-hybridized carbons (Fsp3) is 0.240. The van der Waals surface area contributed by atoms with E-state index in [4.69, 9.17) is 20.6 Å². The number of fused-ring (bicyclic) bond motifs is 2. The van der Waals surface area contributed by atoms with Gasteiger partial charge in [0.05, 0.1) is 33.6 Å². The third kappa shape index (κ3) is 25.6. The van der Waals surface area contributed by atoms with E-state index in [1.165, 1.54) is 22.1 Å². The molecule has 85 heavy (non-hydrogen) atoms. The van der Waals surface area contributed by atoms with Crippen LogP contribution in [0.15, 0.2) is 187 Å². The summed E-state index contributed by atoms with van der Waals surface area (Å²) in [5.74, 6) is 12.6. The molecule has 1 heterocycles. The average Bonchev–Trinajstić information content (AvgIpc) is 2.59. The van der Waals surface area contributed by atoms with Gasteiger partial charge >= 0.3 is 17.9 Å². The zero-order chi connectivity index (χ0) is 62.5. The SMILES string of the molecule is C.C#C.C#CC.C#CC#CC.CC#CC.CC(C)(C)C(=O)c1ccccc1.CC(C)=CCC/C(C)=C/CC/C(C)=C/CN1C(=O)c2cccc(OC(=O)c3ccccc3)c2Nc2c(OC(=O)c3ccccc3)cc(OC(=O)c3ccccc3)cc21. The summed E-state index contributed by atoms with van der Waals surface area (Å²) in [6.45, 7) is 21.3. The van der Waals surface area contributed by atoms with Crippen LogP contribution in [0.3, 0.4) is 0 Å². The molecule has 438 valence electrons. The molecule has 1 aliphatic heterocycles. The molecule has 0 fully saturated rings. The van der Waals surface area contributed by atoms with E-state index in [1.807, 2.05) is 78.0 Å². The zero-order valence-corrected chi connectivity index (χ0v) is 50.2. The van der Waals surface area contributed by atoms with Crippen molar-refractivity contribution in [3.05, 3.63) is 214 Å². The Hall–Kier alpha value is -10.3. The second-order valence-electron chi connectivity index (χ2n) is 19.5. The van der Waals surface area contributed by atoms with Gasteiger partial charge in [-0.1, -0.05) is 160 Å². The second kappa shape index (κ2) is 40.0. The number of Topliss-reactive ketones (excluding diaryl/α,β-unsaturated/α-hetero) is 1. The molecule has 0 saturated carbocycles. The van der Waals surface area contributed by atoms with E-state index in [-0.39, 0.29) is 70.6 Å². The highest BCUT2D eigenvalue weighted by molar-refractivity contribution is 6.16. The van der Waals surface area contributed by atoms with E-state index in [9.17, 15) is 24.0 Å². The van der Waals surface area contributed by atoms with Crippen LogP contribution in [0.1, 0.15) is 161 Å². The summed E-state index contributed by atoms with van der Waals surface area (Å²) in [4.78, 5) is 68.3. The molecular formula is C75H80N2O8. The van der Waals surface area contributed by atoms with Crippen LogP contribution in [0.2, 0.25) is 0 Å². The predicted octanol–water partition coefficient (Wildman–Crippen LogP) is 17.6. The van der Waals surface area contributed by atoms with Gasteiger partial charge in [-0.3, -0.25) is 9.59 Å². The number of hydrogen-bond donors (Lipinski definition) is 1. The van der Waals surface area contributed by atoms with Gasteiger partial charge in [0.1, 0.15) is 11.4 Å². The van der Waals surface area contributed by atoms with Gasteiger partial charge < -0.3 is 24.4 Å². The highest BCUT2D eigenvalue weighted by atomic mass is 16.5. The molecule has 0 unspecified atom stereocenters. The minimum absolute atomic E-state index is 0. The van der Waals surface area contributed by atoms with Gasteiger partial charge in [-0.05, 0) is 141 Å². The highest BCUT2D eigenvalue weighted by Crippen LogP contribution is 2.47. The number of carbonyl (C=O) groups is 5. The zero-order valence-electron chi connectivity index (χ0n) is 50.2. The first-order valence-electron chi connectivity index (χ1n) is 27.0. The van der Waals surface area contributed by atoms with E-state index in [0.29, 0.717) is 11.1 Å². The molecular weight excluding hydrogens is 1060 g/mol. The number of allylic oxidation sites excluding steroid dienone is 5. The summed E-state index contributed by atoms with van der Waals surface area (Å²) in [5.41, 5.74) is 6.02. The Morgan fingerprint density at radius 1 is 0.553 bits per heavy atom. The van der Waals surface area contributed by atoms with Crippen molar-refractivity contribution in [3.63, 3.8) is 0 Å². The Kier molecular flexibility index (Phi) is 34.2. The van der Waals surface area contributed by atoms with Crippen molar-refractivity contribution in [2.75, 3.05) is 16.8 Å². The van der Waals surface area contributed by atoms with Crippen LogP contribution in [0, 0.1) is 66.6 Å². The monoisotopic (exact) mass is 1140 g/mol. The maximum absolute atomic E-state index is 14.8. The third-order valence-corrected chi connectivity index (χ3v) is 11.7. The lowest BCUT2D eigenvalue weighted by Gasteiger charge is -2.24. The Morgan fingerprint density at radius 3 is 1.41 bits per heavy atom. The van der Waals surface area contributed by atoms with Crippen molar-refractivity contribution in [2.45, 2.75) is 109 Å². The Balaban J connectivity index is 0.00000111. The van der Waals surface area contributed by atoms with E-state index in [2.05, 4.69) is 93.0 Å². The normalized spacial score (nSPS) is 10.5. The van der Waals surface area contributed by atoms with Crippen LogP contribution < -0.4 is 24.4 Å². The van der Waals surface area contributed by atoms with Gasteiger partial charge in [0.15, 0.2) is 17.3 Å². The Labute approximate surface area is 506 Å². The number of nitrogens with one attached hydrogen (secondary N) is 1. The topological polar surface area (TPSA) is 128 Å². The quantitative estimate of drug-likeness (QED) is 0.0351. The van der Waals surface area contributed by atoms with Crippen molar-refractivity contribution in [1.29, 1.82) is 0 Å². The number of para-hydroxylation sites is 1. The van der Waals surface area contributed by atoms with Gasteiger partial charge in [-0.2, -0.15) is 0 Å². The van der Waals surface area contributed by atoms with Gasteiger partial charge in [-0.25, -0.2) is 14.4 Å². The van der Waals surface area contributed by atoms with Crippen LogP contribution in [0.4, 0.5) is 17.1 Å². The molecule has 0 spiro atoms. The minimum Gasteiger partial charge on any atom is -0.423 e. The summed E-state index contributed by atoms with van der Waals surface area (Å²) in [5, 5.41) is 3.29. The summed E-state index contributed by atoms with van der Waals surface area (Å²) in [7, 11) is 0. The number of esters is 3. The first kappa shape index (κ1) is 72.7. The van der Waals surface area contributed by atoms with Crippen molar-refractivity contribution in [2.24, 2.45) is 5.41 Å². The third-order valence-electron chi connectivity index (χ3n) is 11.7. The van der Waals surface area contributed by atoms with E-state index >= 15 is 0 Å². The molecule has 0 aromatic heterocycles. The molecule has 6 aromatic rings. The highest BCUT2D eigenvalue weighted by Gasteiger charge is 2.33. The molecule has 7 rings (SSSR count). The molecule has 10 heteroatoms. The number of carbonyl (C=O) groups excluding carboxylic acids is 5. The molecule has 0 radical (unpaired) electrons. The number of rotatable bonds is 15. The standard InChI is InChI=1S/C49H46N2O7.C11H14O.C5H4.C4H6.C3H4.C2H2.CH4/c1-33(2)17-14-18-34(3)19-15-20-35(4)29-30-51-41-31-39(56-47(53)36-21-8-5-9-22-36)32-43(58-49(55)38-25-12-7-13-26-38)45(41)50-44-40(46(51)52)27-16-28-42(44)57-48(54)37-23-10-6-11-24-37;1-11(2,3)10(12)9-7-5-4-6-8-9;1-3-5-4-2;1-3-4-2;1-3-2;1-2;/h5-13,16-17,19,21-29,31-32,50H,14-15,18,20,30H2,1-4H3;4-8H,1-3H3;1H,2H3;1-2H3;1H,2H3;1-2H;1H4/b34-19+,35-29+;;;;;;. The van der Waals surface area contributed by atoms with Crippen molar-refractivity contribution >= 4 is 46.7 Å². The largest absolute Gasteiger partial charge is 0.423 e. The number of hydrogen-bond acceptors (Lipinski definition) is 9. The van der Waals surface area contributed by atoms with Crippen LogP contribution in [0.25, 0.3) is 0 Å². The average molecular weight is 1140 g/mol. The van der Waals surface area contributed by atoms with E-state index in [1.54, 1.807) is 129 Å². The summed E-state index contributed by atoms with van der Waals surface area (Å²) >= 11 is 0. The van der Waals surface area contributed by atoms with Crippen LogP contribution in [-0.2, 0) is 0 Å². The predicted molar refractivity (Wildman–Crippen MR) is 350 cm³/mol. The maximum Gasteiger partial charge on any atom is 0.343 e. The molecule has 0 bridgehead atoms. The molecule has 10 nitrogen and oxygen atoms in total. The lowest BCUT2D eigenvalue weighted by Crippen LogP contribution is -2.31. The maximum atomic E-state index is 14.8. The van der Waals surface area contributed by atoms with E-state index < -0.39 is 23.8 Å². The number of nitrogens with zero attached hydrogens (tertiary/aromatic N) is 1. The second-order valence-corrected chi connectivity index (χ2v) is 19.5. The van der Waals surface area contributed by atoms with Gasteiger partial charge in [0.25, 0.3) is 5.91 Å². The summed E-state index contributed by atoms with van der Waals surface area (Å²) in [6, 6.07) is 42.7. The Morgan fingerprint density at radius 2 is 0.988 bits per heavy atom. The number of ether oxygens (including phenoxy) is 3. The van der Waals surface area contributed by atoms with Crippen molar-refractivity contribution in [1.82, 2.24) is 0 Å². The van der Waals surface area contributed by atoms with E-state index in [0.717, 1.165) is 36.8 Å². The van der Waals surface area contributed by atoms with Crippen molar-refractivity contribution < 1.29 is 38.2 Å². The minimum atomic E-state index is -0.679. The molecule has 1 amide bonds. The van der Waals surface area contributed by atoms with Gasteiger partial charge in [-0.15, -0.1) is 43.5 Å². The molecule has 1 aliphatic rings. The summed E-state index contributed by atoms with van der Waals surface area (Å²) in [6.07, 6.45) is 27.4. The molecule has 0 aliphatic carbocycles. The molecule has 1 N–H and O–H groups in total. The number of benzene rings is 6. The smallest absolute Gasteiger partial charge is 0.343 e. The fourth-order valence-corrected chi connectivity index (χ4v) is 7.43. The van der Waals surface area contributed by atoms with Gasteiger partial charge in [0.2, 0.25) is 0 Å². The lowest BCUT2D eigenvalue weighted by atomic mass is 9.87. The van der Waals surface area contributed by atoms with Crippen LogP contribution in [0.5, 0.6) is 17.2 Å². The number of amides is 1. The first-order chi connectivity index (χ1) is 40.3. The number of anilines is 3. The van der Waals surface area contributed by atoms with Gasteiger partial charge in [0, 0.05) is 29.7 Å². The van der Waals surface area contributed by atoms with Crippen LogP contribution >= 0.6 is 0 Å². The molecule has 0 atom stereocenters. The number of terminal acetylenes is 3. The number of ketones is 1.